The molecule has 2 heterocycles. The van der Waals surface area contributed by atoms with Gasteiger partial charge in [0.15, 0.2) is 5.52 Å². The molecule has 2 aromatic rings. The lowest BCUT2D eigenvalue weighted by molar-refractivity contribution is -0.383. The molecule has 0 saturated carbocycles. The van der Waals surface area contributed by atoms with Crippen LogP contribution in [0.5, 0.6) is 0 Å². The van der Waals surface area contributed by atoms with Crippen LogP contribution in [-0.2, 0) is 0 Å². The number of nitro groups is 1. The van der Waals surface area contributed by atoms with Crippen molar-refractivity contribution in [1.82, 2.24) is 15.6 Å². The van der Waals surface area contributed by atoms with Crippen LogP contribution < -0.4 is 10.2 Å². The summed E-state index contributed by atoms with van der Waals surface area (Å²) in [5.74, 6) is 0.729. The van der Waals surface area contributed by atoms with Crippen molar-refractivity contribution in [2.75, 3.05) is 31.6 Å². The summed E-state index contributed by atoms with van der Waals surface area (Å²) in [6.45, 7) is 2.89. The number of nitrogens with one attached hydrogen (secondary N) is 1. The normalized spacial score (nSPS) is 16.3. The maximum atomic E-state index is 11.0. The van der Waals surface area contributed by atoms with Crippen LogP contribution in [0.4, 0.5) is 11.4 Å². The van der Waals surface area contributed by atoms with E-state index >= 15 is 0 Å². The molecule has 0 unspecified atom stereocenters. The molecule has 1 aromatic heterocycles. The number of piperidine rings is 1. The summed E-state index contributed by atoms with van der Waals surface area (Å²) in [5, 5.41) is 21.8. The van der Waals surface area contributed by atoms with Crippen LogP contribution in [0.2, 0.25) is 0 Å². The lowest BCUT2D eigenvalue weighted by Crippen LogP contribution is -2.34. The molecule has 1 aliphatic rings. The zero-order valence-electron chi connectivity index (χ0n) is 12.5. The van der Waals surface area contributed by atoms with Crippen LogP contribution >= 0.6 is 0 Å². The van der Waals surface area contributed by atoms with E-state index in [0.29, 0.717) is 5.52 Å². The molecule has 0 spiro atoms. The molecule has 1 fully saturated rings. The molecule has 0 bridgehead atoms. The van der Waals surface area contributed by atoms with E-state index in [9.17, 15) is 10.1 Å². The Balaban J connectivity index is 1.79. The van der Waals surface area contributed by atoms with Crippen molar-refractivity contribution in [3.8, 4) is 0 Å². The molecule has 118 valence electrons. The number of benzene rings is 1. The number of non-ortho nitro benzene ring substituents is 1. The SMILES string of the molecule is CNCCC1CCN(c2ccc([N+](=O)[O-])c3nonc23)CC1. The lowest BCUT2D eigenvalue weighted by atomic mass is 9.93. The van der Waals surface area contributed by atoms with Gasteiger partial charge in [-0.1, -0.05) is 0 Å². The fourth-order valence-corrected chi connectivity index (χ4v) is 3.05. The third kappa shape index (κ3) is 2.74. The summed E-state index contributed by atoms with van der Waals surface area (Å²) >= 11 is 0. The van der Waals surface area contributed by atoms with Crippen LogP contribution in [0.25, 0.3) is 11.0 Å². The van der Waals surface area contributed by atoms with E-state index in [0.717, 1.165) is 44.1 Å². The van der Waals surface area contributed by atoms with Crippen molar-refractivity contribution in [2.24, 2.45) is 5.92 Å². The largest absolute Gasteiger partial charge is 0.370 e. The highest BCUT2D eigenvalue weighted by atomic mass is 16.6. The number of nitrogens with zero attached hydrogens (tertiary/aromatic N) is 4. The van der Waals surface area contributed by atoms with Gasteiger partial charge in [0.2, 0.25) is 5.52 Å². The third-order valence-corrected chi connectivity index (χ3v) is 4.33. The van der Waals surface area contributed by atoms with Gasteiger partial charge >= 0.3 is 5.69 Å². The average molecular weight is 305 g/mol. The van der Waals surface area contributed by atoms with Gasteiger partial charge in [-0.05, 0) is 55.2 Å². The Kier molecular flexibility index (Phi) is 4.19. The first-order chi connectivity index (χ1) is 10.7. The van der Waals surface area contributed by atoms with Crippen molar-refractivity contribution in [3.05, 3.63) is 22.2 Å². The number of hydrogen-bond acceptors (Lipinski definition) is 7. The fraction of sp³-hybridized carbons (Fsp3) is 0.571. The summed E-state index contributed by atoms with van der Waals surface area (Å²) in [4.78, 5) is 12.8. The van der Waals surface area contributed by atoms with Crippen molar-refractivity contribution in [3.63, 3.8) is 0 Å². The zero-order chi connectivity index (χ0) is 15.5. The van der Waals surface area contributed by atoms with Crippen LogP contribution in [0.3, 0.4) is 0 Å². The zero-order valence-corrected chi connectivity index (χ0v) is 12.5. The van der Waals surface area contributed by atoms with Crippen LogP contribution in [0.15, 0.2) is 16.8 Å². The Morgan fingerprint density at radius 1 is 1.36 bits per heavy atom. The Labute approximate surface area is 127 Å². The first kappa shape index (κ1) is 14.7. The molecule has 22 heavy (non-hydrogen) atoms. The number of nitro benzene ring substituents is 1. The van der Waals surface area contributed by atoms with Crippen LogP contribution in [-0.4, -0.2) is 41.9 Å². The number of anilines is 1. The molecule has 0 aliphatic carbocycles. The quantitative estimate of drug-likeness (QED) is 0.666. The minimum atomic E-state index is -0.458. The fourth-order valence-electron chi connectivity index (χ4n) is 3.05. The van der Waals surface area contributed by atoms with E-state index in [2.05, 4.69) is 20.5 Å². The second-order valence-corrected chi connectivity index (χ2v) is 5.65. The van der Waals surface area contributed by atoms with Gasteiger partial charge in [0.25, 0.3) is 0 Å². The molecule has 1 aromatic carbocycles. The molecule has 0 amide bonds. The van der Waals surface area contributed by atoms with Crippen molar-refractivity contribution >= 4 is 22.4 Å². The Hall–Kier alpha value is -2.22. The molecule has 8 heteroatoms. The molecule has 1 N–H and O–H groups in total. The molecule has 3 rings (SSSR count). The summed E-state index contributed by atoms with van der Waals surface area (Å²) in [7, 11) is 1.97. The molecule has 0 atom stereocenters. The van der Waals surface area contributed by atoms with Crippen molar-refractivity contribution in [1.29, 1.82) is 0 Å². The van der Waals surface area contributed by atoms with Crippen molar-refractivity contribution in [2.45, 2.75) is 19.3 Å². The highest BCUT2D eigenvalue weighted by Crippen LogP contribution is 2.33. The third-order valence-electron chi connectivity index (χ3n) is 4.33. The van der Waals surface area contributed by atoms with E-state index < -0.39 is 4.92 Å². The minimum Gasteiger partial charge on any atom is -0.370 e. The van der Waals surface area contributed by atoms with Crippen molar-refractivity contribution < 1.29 is 9.55 Å². The maximum Gasteiger partial charge on any atom is 0.300 e. The topological polar surface area (TPSA) is 97.3 Å². The molecule has 1 aliphatic heterocycles. The van der Waals surface area contributed by atoms with E-state index in [1.165, 1.54) is 12.5 Å². The van der Waals surface area contributed by atoms with Gasteiger partial charge in [-0.15, -0.1) is 0 Å². The Morgan fingerprint density at radius 3 is 2.77 bits per heavy atom. The lowest BCUT2D eigenvalue weighted by Gasteiger charge is -2.33. The summed E-state index contributed by atoms with van der Waals surface area (Å²) < 4.78 is 4.72. The molecule has 8 nitrogen and oxygen atoms in total. The molecular formula is C14H19N5O3. The number of fused-ring (bicyclic) bond motifs is 1. The number of rotatable bonds is 5. The van der Waals surface area contributed by atoms with E-state index in [1.54, 1.807) is 6.07 Å². The van der Waals surface area contributed by atoms with Gasteiger partial charge in [0.1, 0.15) is 0 Å². The first-order valence-electron chi connectivity index (χ1n) is 7.50. The number of hydrogen-bond donors (Lipinski definition) is 1. The predicted molar refractivity (Wildman–Crippen MR) is 81.9 cm³/mol. The Morgan fingerprint density at radius 2 is 2.09 bits per heavy atom. The Bertz CT molecular complexity index is 664. The highest BCUT2D eigenvalue weighted by molar-refractivity contribution is 5.93. The van der Waals surface area contributed by atoms with E-state index in [-0.39, 0.29) is 11.2 Å². The van der Waals surface area contributed by atoms with Gasteiger partial charge in [0, 0.05) is 19.2 Å². The number of aromatic nitrogens is 2. The predicted octanol–water partition coefficient (Wildman–Crippen LogP) is 1.96. The second kappa shape index (κ2) is 6.27. The highest BCUT2D eigenvalue weighted by Gasteiger charge is 2.25. The minimum absolute atomic E-state index is 0.0658. The average Bonchev–Trinajstić information content (AvgIpc) is 3.02. The van der Waals surface area contributed by atoms with Gasteiger partial charge in [-0.2, -0.15) is 0 Å². The molecule has 0 radical (unpaired) electrons. The summed E-state index contributed by atoms with van der Waals surface area (Å²) in [6.07, 6.45) is 3.42. The smallest absolute Gasteiger partial charge is 0.300 e. The summed E-state index contributed by atoms with van der Waals surface area (Å²) in [6, 6.07) is 3.23. The molecular weight excluding hydrogens is 286 g/mol. The second-order valence-electron chi connectivity index (χ2n) is 5.65. The van der Waals surface area contributed by atoms with Gasteiger partial charge in [-0.3, -0.25) is 10.1 Å². The van der Waals surface area contributed by atoms with Gasteiger partial charge in [-0.25, -0.2) is 4.63 Å². The maximum absolute atomic E-state index is 11.0. The van der Waals surface area contributed by atoms with Crippen LogP contribution in [0.1, 0.15) is 19.3 Å². The summed E-state index contributed by atoms with van der Waals surface area (Å²) in [5.41, 5.74) is 1.50. The van der Waals surface area contributed by atoms with E-state index in [1.807, 2.05) is 7.05 Å². The van der Waals surface area contributed by atoms with Gasteiger partial charge in [0.05, 0.1) is 10.6 Å². The first-order valence-corrected chi connectivity index (χ1v) is 7.50. The molecule has 1 saturated heterocycles. The van der Waals surface area contributed by atoms with Gasteiger partial charge < -0.3 is 10.2 Å². The standard InChI is InChI=1S/C14H19N5O3/c1-15-7-4-10-5-8-18(9-6-10)11-2-3-12(19(20)21)14-13(11)16-22-17-14/h2-3,10,15H,4-9H2,1H3. The van der Waals surface area contributed by atoms with E-state index in [4.69, 9.17) is 4.63 Å². The monoisotopic (exact) mass is 305 g/mol. The van der Waals surface area contributed by atoms with Crippen LogP contribution in [0, 0.1) is 16.0 Å².